The lowest BCUT2D eigenvalue weighted by molar-refractivity contribution is -0.139. The van der Waals surface area contributed by atoms with Crippen LogP contribution < -0.4 is 10.0 Å². The first-order valence-electron chi connectivity index (χ1n) is 12.7. The maximum atomic E-state index is 11.8. The van der Waals surface area contributed by atoms with Gasteiger partial charge in [0.05, 0.1) is 31.6 Å². The number of methoxy groups -OCH3 is 1. The molecule has 0 bridgehead atoms. The number of carbonyl (C=O) groups excluding carboxylic acids is 1. The first-order valence-corrected chi connectivity index (χ1v) is 17.5. The average molecular weight is 565 g/mol. The molecule has 0 aromatic heterocycles. The summed E-state index contributed by atoms with van der Waals surface area (Å²) in [4.78, 5) is 11.5. The standard InChI is InChI=1S/C28H44N2O6SSi/c1-27(2,3)38(8,9)36-25(22-14-15-24(31)23(17-22)30-37(7,33)34)19-29-28(4,5)18-21-12-10-20(11-13-21)16-26(32)35-6/h10-15,17,25,29-31H,16,18-19H2,1-9H3/t25-/m1/s1. The van der Waals surface area contributed by atoms with Crippen LogP contribution in [0.3, 0.4) is 0 Å². The second kappa shape index (κ2) is 12.2. The monoisotopic (exact) mass is 564 g/mol. The summed E-state index contributed by atoms with van der Waals surface area (Å²) in [5.74, 6) is -0.411. The van der Waals surface area contributed by atoms with Gasteiger partial charge in [0.2, 0.25) is 10.0 Å². The fourth-order valence-electron chi connectivity index (χ4n) is 3.75. The lowest BCUT2D eigenvalue weighted by Crippen LogP contribution is -2.47. The van der Waals surface area contributed by atoms with Crippen molar-refractivity contribution in [3.05, 3.63) is 59.2 Å². The van der Waals surface area contributed by atoms with Gasteiger partial charge >= 0.3 is 5.97 Å². The van der Waals surface area contributed by atoms with Gasteiger partial charge in [0.25, 0.3) is 0 Å². The van der Waals surface area contributed by atoms with E-state index in [1.807, 2.05) is 24.3 Å². The summed E-state index contributed by atoms with van der Waals surface area (Å²) < 4.78 is 37.6. The van der Waals surface area contributed by atoms with Crippen molar-refractivity contribution in [1.29, 1.82) is 0 Å². The molecule has 0 heterocycles. The molecule has 8 nitrogen and oxygen atoms in total. The van der Waals surface area contributed by atoms with Gasteiger partial charge in [0, 0.05) is 12.1 Å². The first kappa shape index (κ1) is 31.8. The highest BCUT2D eigenvalue weighted by molar-refractivity contribution is 7.92. The fourth-order valence-corrected chi connectivity index (χ4v) is 5.60. The quantitative estimate of drug-likeness (QED) is 0.186. The summed E-state index contributed by atoms with van der Waals surface area (Å²) in [5, 5.41) is 13.9. The van der Waals surface area contributed by atoms with E-state index in [1.54, 1.807) is 12.1 Å². The lowest BCUT2D eigenvalue weighted by Gasteiger charge is -2.40. The number of aromatic hydroxyl groups is 1. The highest BCUT2D eigenvalue weighted by atomic mass is 32.2. The smallest absolute Gasteiger partial charge is 0.309 e. The Morgan fingerprint density at radius 2 is 1.61 bits per heavy atom. The average Bonchev–Trinajstić information content (AvgIpc) is 2.77. The van der Waals surface area contributed by atoms with Crippen molar-refractivity contribution in [3.63, 3.8) is 0 Å². The zero-order chi connectivity index (χ0) is 28.9. The van der Waals surface area contributed by atoms with Gasteiger partial charge in [0.15, 0.2) is 8.32 Å². The zero-order valence-corrected chi connectivity index (χ0v) is 26.0. The van der Waals surface area contributed by atoms with E-state index in [0.29, 0.717) is 6.54 Å². The molecule has 0 saturated heterocycles. The molecule has 2 aromatic rings. The third-order valence-electron chi connectivity index (χ3n) is 6.94. The largest absolute Gasteiger partial charge is 0.506 e. The van der Waals surface area contributed by atoms with Crippen LogP contribution in [0, 0.1) is 0 Å². The zero-order valence-electron chi connectivity index (χ0n) is 24.1. The Morgan fingerprint density at radius 1 is 1.03 bits per heavy atom. The number of ether oxygens (including phenoxy) is 1. The van der Waals surface area contributed by atoms with Crippen molar-refractivity contribution in [3.8, 4) is 5.75 Å². The van der Waals surface area contributed by atoms with Crippen molar-refractivity contribution in [2.45, 2.75) is 77.2 Å². The number of esters is 1. The van der Waals surface area contributed by atoms with Gasteiger partial charge in [-0.15, -0.1) is 0 Å². The molecular weight excluding hydrogens is 520 g/mol. The molecule has 0 unspecified atom stereocenters. The van der Waals surface area contributed by atoms with Crippen LogP contribution >= 0.6 is 0 Å². The molecule has 0 aliphatic heterocycles. The van der Waals surface area contributed by atoms with Gasteiger partial charge in [-0.3, -0.25) is 9.52 Å². The summed E-state index contributed by atoms with van der Waals surface area (Å²) in [7, 11) is -4.38. The number of nitrogens with one attached hydrogen (secondary N) is 2. The van der Waals surface area contributed by atoms with Gasteiger partial charge in [-0.05, 0) is 67.2 Å². The van der Waals surface area contributed by atoms with E-state index < -0.39 is 18.3 Å². The maximum Gasteiger partial charge on any atom is 0.309 e. The number of sulfonamides is 1. The molecule has 0 aliphatic rings. The van der Waals surface area contributed by atoms with Gasteiger partial charge in [-0.25, -0.2) is 8.42 Å². The van der Waals surface area contributed by atoms with Crippen molar-refractivity contribution in [2.24, 2.45) is 0 Å². The molecule has 212 valence electrons. The topological polar surface area (TPSA) is 114 Å². The molecule has 0 saturated carbocycles. The van der Waals surface area contributed by atoms with Gasteiger partial charge in [0.1, 0.15) is 5.75 Å². The predicted octanol–water partition coefficient (Wildman–Crippen LogP) is 5.15. The van der Waals surface area contributed by atoms with E-state index in [0.717, 1.165) is 29.4 Å². The number of anilines is 1. The van der Waals surface area contributed by atoms with Gasteiger partial charge in [-0.2, -0.15) is 0 Å². The Bertz CT molecular complexity index is 1200. The van der Waals surface area contributed by atoms with Crippen LogP contribution in [0.25, 0.3) is 0 Å². The summed E-state index contributed by atoms with van der Waals surface area (Å²) in [6.07, 6.45) is 1.68. The maximum absolute atomic E-state index is 11.8. The molecule has 38 heavy (non-hydrogen) atoms. The highest BCUT2D eigenvalue weighted by Gasteiger charge is 2.40. The molecule has 2 aromatic carbocycles. The minimum Gasteiger partial charge on any atom is -0.506 e. The van der Waals surface area contributed by atoms with Crippen LogP contribution in [0.4, 0.5) is 5.69 Å². The SMILES string of the molecule is COC(=O)Cc1ccc(CC(C)(C)NC[C@@H](O[Si](C)(C)C(C)(C)C)c2ccc(O)c(NS(C)(=O)=O)c2)cc1. The third-order valence-corrected chi connectivity index (χ3v) is 12.0. The molecule has 1 atom stereocenters. The Labute approximate surface area is 229 Å². The second-order valence-electron chi connectivity index (χ2n) is 12.0. The summed E-state index contributed by atoms with van der Waals surface area (Å²) in [6, 6.07) is 12.8. The third kappa shape index (κ3) is 9.72. The second-order valence-corrected chi connectivity index (χ2v) is 18.5. The van der Waals surface area contributed by atoms with E-state index in [-0.39, 0.29) is 40.5 Å². The molecule has 0 spiro atoms. The van der Waals surface area contributed by atoms with E-state index in [4.69, 9.17) is 9.16 Å². The van der Waals surface area contributed by atoms with Crippen LogP contribution in [0.2, 0.25) is 18.1 Å². The Hall–Kier alpha value is -2.40. The number of phenols is 1. The van der Waals surface area contributed by atoms with Gasteiger partial charge < -0.3 is 19.6 Å². The Kier molecular flexibility index (Phi) is 10.2. The fraction of sp³-hybridized carbons (Fsp3) is 0.536. The Balaban J connectivity index is 2.27. The van der Waals surface area contributed by atoms with E-state index in [2.05, 4.69) is 57.8 Å². The number of hydrogen-bond acceptors (Lipinski definition) is 7. The molecule has 0 radical (unpaired) electrons. The summed E-state index contributed by atoms with van der Waals surface area (Å²) in [6.45, 7) is 15.6. The van der Waals surface area contributed by atoms with Crippen molar-refractivity contribution >= 4 is 30.0 Å². The Morgan fingerprint density at radius 3 is 2.13 bits per heavy atom. The predicted molar refractivity (Wildman–Crippen MR) is 156 cm³/mol. The first-order chi connectivity index (χ1) is 17.3. The normalized spacial score (nSPS) is 13.7. The van der Waals surface area contributed by atoms with E-state index in [9.17, 15) is 18.3 Å². The summed E-state index contributed by atoms with van der Waals surface area (Å²) in [5.41, 5.74) is 2.64. The molecule has 10 heteroatoms. The van der Waals surface area contributed by atoms with Crippen LogP contribution in [-0.4, -0.2) is 53.3 Å². The minimum atomic E-state index is -3.57. The minimum absolute atomic E-state index is 0.0303. The lowest BCUT2D eigenvalue weighted by atomic mass is 9.93. The molecule has 0 fully saturated rings. The van der Waals surface area contributed by atoms with Crippen LogP contribution in [0.15, 0.2) is 42.5 Å². The molecule has 2 rings (SSSR count). The van der Waals surface area contributed by atoms with E-state index in [1.165, 1.54) is 13.2 Å². The number of rotatable bonds is 12. The van der Waals surface area contributed by atoms with E-state index >= 15 is 0 Å². The number of benzene rings is 2. The highest BCUT2D eigenvalue weighted by Crippen LogP contribution is 2.40. The van der Waals surface area contributed by atoms with Crippen LogP contribution in [0.1, 0.15) is 57.4 Å². The van der Waals surface area contributed by atoms with Crippen molar-refractivity contribution in [2.75, 3.05) is 24.6 Å². The molecule has 0 aliphatic carbocycles. The number of carbonyl (C=O) groups is 1. The number of phenolic OH excluding ortho intramolecular Hbond substituents is 1. The molecule has 0 amide bonds. The summed E-state index contributed by atoms with van der Waals surface area (Å²) >= 11 is 0. The molecular formula is C28H44N2O6SSi. The molecule has 3 N–H and O–H groups in total. The number of hydrogen-bond donors (Lipinski definition) is 3. The van der Waals surface area contributed by atoms with Crippen LogP contribution in [-0.2, 0) is 36.8 Å². The van der Waals surface area contributed by atoms with Crippen molar-refractivity contribution in [1.82, 2.24) is 5.32 Å². The van der Waals surface area contributed by atoms with Gasteiger partial charge in [-0.1, -0.05) is 51.1 Å². The van der Waals surface area contributed by atoms with Crippen molar-refractivity contribution < 1.29 is 27.5 Å². The van der Waals surface area contributed by atoms with Crippen LogP contribution in [0.5, 0.6) is 5.75 Å².